The Kier molecular flexibility index (Phi) is 4.93. The summed E-state index contributed by atoms with van der Waals surface area (Å²) in [5.41, 5.74) is 2.44. The summed E-state index contributed by atoms with van der Waals surface area (Å²) >= 11 is 2.25. The molecule has 19 heavy (non-hydrogen) atoms. The van der Waals surface area contributed by atoms with E-state index >= 15 is 0 Å². The molecule has 0 saturated heterocycles. The zero-order valence-electron chi connectivity index (χ0n) is 10.1. The van der Waals surface area contributed by atoms with Gasteiger partial charge in [0.15, 0.2) is 0 Å². The Balaban J connectivity index is 1.95. The molecule has 0 aliphatic carbocycles. The van der Waals surface area contributed by atoms with Crippen molar-refractivity contribution in [2.45, 2.75) is 6.61 Å². The summed E-state index contributed by atoms with van der Waals surface area (Å²) in [6.45, 7) is 0.296. The summed E-state index contributed by atoms with van der Waals surface area (Å²) in [4.78, 5) is 5.22. The van der Waals surface area contributed by atoms with Crippen molar-refractivity contribution in [2.24, 2.45) is 5.16 Å². The van der Waals surface area contributed by atoms with Crippen LogP contribution in [0.15, 0.2) is 53.7 Å². The van der Waals surface area contributed by atoms with E-state index < -0.39 is 0 Å². The molecule has 0 N–H and O–H groups in total. The van der Waals surface area contributed by atoms with Gasteiger partial charge in [0.25, 0.3) is 0 Å². The van der Waals surface area contributed by atoms with Crippen molar-refractivity contribution in [1.29, 1.82) is 5.26 Å². The third kappa shape index (κ3) is 4.07. The van der Waals surface area contributed by atoms with Gasteiger partial charge in [-0.05, 0) is 46.4 Å². The SMILES string of the molecule is N#Cc1ccccc1CO/N=C\c1cccc(I)c1. The number of nitrogens with zero attached hydrogens (tertiary/aromatic N) is 2. The average Bonchev–Trinajstić information content (AvgIpc) is 2.44. The maximum absolute atomic E-state index is 8.94. The Bertz CT molecular complexity index is 632. The summed E-state index contributed by atoms with van der Waals surface area (Å²) < 4.78 is 1.15. The van der Waals surface area contributed by atoms with E-state index in [1.54, 1.807) is 12.3 Å². The minimum Gasteiger partial charge on any atom is -0.391 e. The van der Waals surface area contributed by atoms with Crippen molar-refractivity contribution in [2.75, 3.05) is 0 Å². The van der Waals surface area contributed by atoms with Crippen LogP contribution < -0.4 is 0 Å². The van der Waals surface area contributed by atoms with Crippen molar-refractivity contribution in [3.63, 3.8) is 0 Å². The van der Waals surface area contributed by atoms with Gasteiger partial charge in [-0.25, -0.2) is 0 Å². The maximum atomic E-state index is 8.94. The Morgan fingerprint density at radius 1 is 1.21 bits per heavy atom. The fourth-order valence-electron chi connectivity index (χ4n) is 1.55. The lowest BCUT2D eigenvalue weighted by molar-refractivity contribution is 0.132. The molecule has 0 amide bonds. The summed E-state index contributed by atoms with van der Waals surface area (Å²) in [7, 11) is 0. The van der Waals surface area contributed by atoms with Crippen LogP contribution in [0.4, 0.5) is 0 Å². The summed E-state index contributed by atoms with van der Waals surface area (Å²) in [5, 5.41) is 12.9. The molecular formula is C15H11IN2O. The first-order valence-electron chi connectivity index (χ1n) is 5.68. The molecule has 0 unspecified atom stereocenters. The number of nitriles is 1. The van der Waals surface area contributed by atoms with Gasteiger partial charge in [-0.2, -0.15) is 5.26 Å². The van der Waals surface area contributed by atoms with Gasteiger partial charge in [0.05, 0.1) is 17.8 Å². The zero-order valence-corrected chi connectivity index (χ0v) is 12.2. The highest BCUT2D eigenvalue weighted by Crippen LogP contribution is 2.09. The first-order valence-corrected chi connectivity index (χ1v) is 6.76. The Morgan fingerprint density at radius 2 is 2.05 bits per heavy atom. The minimum absolute atomic E-state index is 0.296. The molecule has 94 valence electrons. The molecule has 0 aliphatic rings. The topological polar surface area (TPSA) is 45.4 Å². The quantitative estimate of drug-likeness (QED) is 0.473. The van der Waals surface area contributed by atoms with Crippen LogP contribution >= 0.6 is 22.6 Å². The maximum Gasteiger partial charge on any atom is 0.143 e. The molecule has 0 bridgehead atoms. The number of hydrogen-bond acceptors (Lipinski definition) is 3. The molecule has 2 aromatic carbocycles. The van der Waals surface area contributed by atoms with Crippen molar-refractivity contribution in [3.8, 4) is 6.07 Å². The Morgan fingerprint density at radius 3 is 2.84 bits per heavy atom. The minimum atomic E-state index is 0.296. The Labute approximate surface area is 125 Å². The highest BCUT2D eigenvalue weighted by atomic mass is 127. The summed E-state index contributed by atoms with van der Waals surface area (Å²) in [6.07, 6.45) is 1.66. The van der Waals surface area contributed by atoms with Crippen molar-refractivity contribution < 1.29 is 4.84 Å². The third-order valence-electron chi connectivity index (χ3n) is 2.48. The van der Waals surface area contributed by atoms with Crippen LogP contribution in [0.3, 0.4) is 0 Å². The standard InChI is InChI=1S/C15H11IN2O/c16-15-7-3-4-12(8-15)10-18-19-11-14-6-2-1-5-13(14)9-17/h1-8,10H,11H2/b18-10-. The summed E-state index contributed by atoms with van der Waals surface area (Å²) in [6, 6.07) is 17.4. The fourth-order valence-corrected chi connectivity index (χ4v) is 2.11. The number of rotatable bonds is 4. The molecular weight excluding hydrogens is 351 g/mol. The second kappa shape index (κ2) is 6.90. The van der Waals surface area contributed by atoms with Crippen LogP contribution in [0.2, 0.25) is 0 Å². The lowest BCUT2D eigenvalue weighted by Gasteiger charge is -2.01. The first kappa shape index (κ1) is 13.6. The molecule has 0 radical (unpaired) electrons. The highest BCUT2D eigenvalue weighted by molar-refractivity contribution is 14.1. The molecule has 0 fully saturated rings. The van der Waals surface area contributed by atoms with Crippen LogP contribution in [0, 0.1) is 14.9 Å². The predicted molar refractivity (Wildman–Crippen MR) is 82.7 cm³/mol. The lowest BCUT2D eigenvalue weighted by atomic mass is 10.1. The van der Waals surface area contributed by atoms with Crippen LogP contribution in [-0.4, -0.2) is 6.21 Å². The highest BCUT2D eigenvalue weighted by Gasteiger charge is 1.99. The number of oxime groups is 1. The smallest absolute Gasteiger partial charge is 0.143 e. The molecule has 2 aromatic rings. The van der Waals surface area contributed by atoms with E-state index in [2.05, 4.69) is 33.8 Å². The molecule has 4 heteroatoms. The molecule has 0 aliphatic heterocycles. The molecule has 0 saturated carbocycles. The molecule has 2 rings (SSSR count). The normalized spacial score (nSPS) is 10.3. The zero-order chi connectivity index (χ0) is 13.5. The van der Waals surface area contributed by atoms with Gasteiger partial charge in [0, 0.05) is 9.13 Å². The fraction of sp³-hybridized carbons (Fsp3) is 0.0667. The third-order valence-corrected chi connectivity index (χ3v) is 3.15. The average molecular weight is 362 g/mol. The van der Waals surface area contributed by atoms with Crippen LogP contribution in [0.5, 0.6) is 0 Å². The van der Waals surface area contributed by atoms with Gasteiger partial charge in [0.1, 0.15) is 6.61 Å². The van der Waals surface area contributed by atoms with Crippen molar-refractivity contribution in [1.82, 2.24) is 0 Å². The van der Waals surface area contributed by atoms with E-state index in [1.807, 2.05) is 42.5 Å². The van der Waals surface area contributed by atoms with E-state index in [0.717, 1.165) is 14.7 Å². The van der Waals surface area contributed by atoms with Crippen molar-refractivity contribution >= 4 is 28.8 Å². The van der Waals surface area contributed by atoms with E-state index in [9.17, 15) is 0 Å². The van der Waals surface area contributed by atoms with E-state index in [0.29, 0.717) is 12.2 Å². The van der Waals surface area contributed by atoms with Gasteiger partial charge < -0.3 is 4.84 Å². The number of benzene rings is 2. The van der Waals surface area contributed by atoms with E-state index in [1.165, 1.54) is 0 Å². The summed E-state index contributed by atoms with van der Waals surface area (Å²) in [5.74, 6) is 0. The predicted octanol–water partition coefficient (Wildman–Crippen LogP) is 3.71. The molecule has 0 atom stereocenters. The van der Waals surface area contributed by atoms with Crippen LogP contribution in [0.25, 0.3) is 0 Å². The van der Waals surface area contributed by atoms with Gasteiger partial charge in [-0.3, -0.25) is 0 Å². The van der Waals surface area contributed by atoms with Crippen molar-refractivity contribution in [3.05, 3.63) is 68.8 Å². The van der Waals surface area contributed by atoms with Gasteiger partial charge in [0.2, 0.25) is 0 Å². The molecule has 0 spiro atoms. The molecule has 0 aromatic heterocycles. The van der Waals surface area contributed by atoms with Gasteiger partial charge >= 0.3 is 0 Å². The monoisotopic (exact) mass is 362 g/mol. The number of hydrogen-bond donors (Lipinski definition) is 0. The Hall–Kier alpha value is -1.87. The second-order valence-electron chi connectivity index (χ2n) is 3.83. The van der Waals surface area contributed by atoms with E-state index in [-0.39, 0.29) is 0 Å². The van der Waals surface area contributed by atoms with Crippen LogP contribution in [0.1, 0.15) is 16.7 Å². The lowest BCUT2D eigenvalue weighted by Crippen LogP contribution is -1.92. The molecule has 3 nitrogen and oxygen atoms in total. The largest absolute Gasteiger partial charge is 0.391 e. The van der Waals surface area contributed by atoms with Gasteiger partial charge in [-0.15, -0.1) is 0 Å². The van der Waals surface area contributed by atoms with E-state index in [4.69, 9.17) is 10.1 Å². The molecule has 0 heterocycles. The van der Waals surface area contributed by atoms with Crippen LogP contribution in [-0.2, 0) is 11.4 Å². The number of halogens is 1. The van der Waals surface area contributed by atoms with Gasteiger partial charge in [-0.1, -0.05) is 35.5 Å². The second-order valence-corrected chi connectivity index (χ2v) is 5.08. The first-order chi connectivity index (χ1) is 9.29.